The van der Waals surface area contributed by atoms with Gasteiger partial charge in [0.25, 0.3) is 0 Å². The Kier molecular flexibility index (Phi) is 2.81. The van der Waals surface area contributed by atoms with Crippen molar-refractivity contribution in [3.63, 3.8) is 0 Å². The molecule has 1 amide bonds. The van der Waals surface area contributed by atoms with Gasteiger partial charge >= 0.3 is 6.09 Å². The maximum Gasteiger partial charge on any atom is 0.425 e. The number of hydrogen-bond acceptors (Lipinski definition) is 5. The van der Waals surface area contributed by atoms with Crippen LogP contribution in [0.2, 0.25) is 0 Å². The zero-order valence-electron chi connectivity index (χ0n) is 8.60. The Morgan fingerprint density at radius 2 is 2.06 bits per heavy atom. The predicted molar refractivity (Wildman–Crippen MR) is 58.7 cm³/mol. The highest BCUT2D eigenvalue weighted by Crippen LogP contribution is 2.10. The largest absolute Gasteiger partial charge is 0.452 e. The molecule has 0 atom stereocenters. The summed E-state index contributed by atoms with van der Waals surface area (Å²) in [5.74, 6) is 0.448. The zero-order chi connectivity index (χ0) is 11.4. The molecule has 0 radical (unpaired) electrons. The highest BCUT2D eigenvalue weighted by molar-refractivity contribution is 5.75. The molecule has 0 aliphatic rings. The number of hydrazine groups is 1. The van der Waals surface area contributed by atoms with Crippen LogP contribution in [0.15, 0.2) is 30.5 Å². The predicted octanol–water partition coefficient (Wildman–Crippen LogP) is 1.31. The van der Waals surface area contributed by atoms with Gasteiger partial charge in [-0.05, 0) is 12.1 Å². The van der Waals surface area contributed by atoms with E-state index in [0.717, 1.165) is 11.0 Å². The molecule has 16 heavy (non-hydrogen) atoms. The van der Waals surface area contributed by atoms with Gasteiger partial charge in [0.15, 0.2) is 5.82 Å². The van der Waals surface area contributed by atoms with Gasteiger partial charge in [-0.1, -0.05) is 12.1 Å². The lowest BCUT2D eigenvalue weighted by molar-refractivity contribution is 0.173. The van der Waals surface area contributed by atoms with E-state index in [9.17, 15) is 4.79 Å². The first-order valence-electron chi connectivity index (χ1n) is 4.61. The van der Waals surface area contributed by atoms with Crippen LogP contribution in [0.3, 0.4) is 0 Å². The minimum atomic E-state index is -0.588. The molecule has 0 saturated carbocycles. The molecule has 1 heterocycles. The fourth-order valence-corrected chi connectivity index (χ4v) is 1.18. The monoisotopic (exact) mass is 218 g/mol. The number of anilines is 1. The van der Waals surface area contributed by atoms with Crippen molar-refractivity contribution < 1.29 is 9.53 Å². The molecule has 2 N–H and O–H groups in total. The summed E-state index contributed by atoms with van der Waals surface area (Å²) >= 11 is 0. The first-order chi connectivity index (χ1) is 7.79. The summed E-state index contributed by atoms with van der Waals surface area (Å²) in [6.07, 6.45) is 0.938. The summed E-state index contributed by atoms with van der Waals surface area (Å²) in [5.41, 5.74) is 6.44. The van der Waals surface area contributed by atoms with Crippen LogP contribution in [0.4, 0.5) is 10.6 Å². The van der Waals surface area contributed by atoms with E-state index in [2.05, 4.69) is 25.6 Å². The van der Waals surface area contributed by atoms with Crippen molar-refractivity contribution >= 4 is 22.9 Å². The van der Waals surface area contributed by atoms with E-state index in [0.29, 0.717) is 5.82 Å². The van der Waals surface area contributed by atoms with E-state index in [1.165, 1.54) is 13.3 Å². The Bertz CT molecular complexity index is 515. The minimum absolute atomic E-state index is 0.448. The van der Waals surface area contributed by atoms with Gasteiger partial charge in [-0.2, -0.15) is 0 Å². The molecule has 6 nitrogen and oxygen atoms in total. The Morgan fingerprint density at radius 3 is 2.81 bits per heavy atom. The van der Waals surface area contributed by atoms with E-state index in [4.69, 9.17) is 0 Å². The number of aromatic nitrogens is 2. The molecule has 2 aromatic rings. The molecule has 2 rings (SSSR count). The van der Waals surface area contributed by atoms with Crippen molar-refractivity contribution in [1.82, 2.24) is 15.4 Å². The Morgan fingerprint density at radius 1 is 1.31 bits per heavy atom. The van der Waals surface area contributed by atoms with Crippen LogP contribution in [-0.2, 0) is 4.74 Å². The number of nitrogens with zero attached hydrogens (tertiary/aromatic N) is 2. The van der Waals surface area contributed by atoms with Gasteiger partial charge in [-0.25, -0.2) is 15.2 Å². The molecule has 0 aliphatic carbocycles. The summed E-state index contributed by atoms with van der Waals surface area (Å²) in [6, 6.07) is 7.46. The molecular weight excluding hydrogens is 208 g/mol. The van der Waals surface area contributed by atoms with E-state index in [-0.39, 0.29) is 0 Å². The van der Waals surface area contributed by atoms with Crippen LogP contribution in [0.5, 0.6) is 0 Å². The molecule has 0 bridgehead atoms. The Balaban J connectivity index is 2.16. The molecule has 1 aromatic heterocycles. The van der Waals surface area contributed by atoms with Gasteiger partial charge in [0, 0.05) is 0 Å². The average Bonchev–Trinajstić information content (AvgIpc) is 2.35. The van der Waals surface area contributed by atoms with Crippen molar-refractivity contribution in [3.05, 3.63) is 30.5 Å². The maximum absolute atomic E-state index is 10.8. The number of hydrogen-bond donors (Lipinski definition) is 2. The van der Waals surface area contributed by atoms with Crippen molar-refractivity contribution in [3.8, 4) is 0 Å². The van der Waals surface area contributed by atoms with Crippen molar-refractivity contribution in [2.24, 2.45) is 0 Å². The van der Waals surface area contributed by atoms with E-state index >= 15 is 0 Å². The molecule has 0 spiro atoms. The molecule has 0 saturated heterocycles. The number of para-hydroxylation sites is 2. The average molecular weight is 218 g/mol. The van der Waals surface area contributed by atoms with Crippen LogP contribution < -0.4 is 10.9 Å². The van der Waals surface area contributed by atoms with E-state index in [1.807, 2.05) is 24.3 Å². The number of fused-ring (bicyclic) bond motifs is 1. The van der Waals surface area contributed by atoms with Crippen molar-refractivity contribution in [2.75, 3.05) is 12.5 Å². The third kappa shape index (κ3) is 2.17. The highest BCUT2D eigenvalue weighted by Gasteiger charge is 2.00. The topological polar surface area (TPSA) is 76.1 Å². The maximum atomic E-state index is 10.8. The lowest BCUT2D eigenvalue weighted by Gasteiger charge is -2.06. The fraction of sp³-hybridized carbons (Fsp3) is 0.100. The van der Waals surface area contributed by atoms with Crippen LogP contribution in [0, 0.1) is 0 Å². The normalized spacial score (nSPS) is 9.81. The van der Waals surface area contributed by atoms with Crippen LogP contribution >= 0.6 is 0 Å². The lowest BCUT2D eigenvalue weighted by atomic mass is 10.3. The number of methoxy groups -OCH3 is 1. The van der Waals surface area contributed by atoms with Crippen molar-refractivity contribution in [1.29, 1.82) is 0 Å². The summed E-state index contributed by atoms with van der Waals surface area (Å²) in [7, 11) is 1.28. The Hall–Kier alpha value is -2.37. The summed E-state index contributed by atoms with van der Waals surface area (Å²) in [5, 5.41) is 0. The molecule has 6 heteroatoms. The van der Waals surface area contributed by atoms with Crippen molar-refractivity contribution in [2.45, 2.75) is 0 Å². The van der Waals surface area contributed by atoms with E-state index < -0.39 is 6.09 Å². The molecule has 0 fully saturated rings. The van der Waals surface area contributed by atoms with Gasteiger partial charge in [-0.15, -0.1) is 0 Å². The standard InChI is InChI=1S/C10H10N4O2/c1-16-10(15)14-13-9-6-11-7-4-2-3-5-8(7)12-9/h2-6H,1H3,(H,12,13)(H,14,15). The molecule has 0 aliphatic heterocycles. The smallest absolute Gasteiger partial charge is 0.425 e. The molecule has 0 unspecified atom stereocenters. The third-order valence-electron chi connectivity index (χ3n) is 1.93. The number of carbonyl (C=O) groups excluding carboxylic acids is 1. The number of ether oxygens (including phenoxy) is 1. The van der Waals surface area contributed by atoms with Gasteiger partial charge in [0.05, 0.1) is 24.3 Å². The van der Waals surface area contributed by atoms with Crippen LogP contribution in [0.25, 0.3) is 11.0 Å². The number of rotatable bonds is 2. The number of benzene rings is 1. The van der Waals surface area contributed by atoms with Gasteiger partial charge < -0.3 is 4.74 Å². The first kappa shape index (κ1) is 10.2. The summed E-state index contributed by atoms with van der Waals surface area (Å²) < 4.78 is 4.40. The van der Waals surface area contributed by atoms with Gasteiger partial charge in [0.1, 0.15) is 0 Å². The highest BCUT2D eigenvalue weighted by atomic mass is 16.5. The van der Waals surface area contributed by atoms with Crippen LogP contribution in [-0.4, -0.2) is 23.2 Å². The molecular formula is C10H10N4O2. The third-order valence-corrected chi connectivity index (χ3v) is 1.93. The van der Waals surface area contributed by atoms with E-state index in [1.54, 1.807) is 0 Å². The fourth-order valence-electron chi connectivity index (χ4n) is 1.18. The minimum Gasteiger partial charge on any atom is -0.452 e. The number of amides is 1. The summed E-state index contributed by atoms with van der Waals surface area (Å²) in [6.45, 7) is 0. The summed E-state index contributed by atoms with van der Waals surface area (Å²) in [4.78, 5) is 19.2. The second-order valence-corrected chi connectivity index (χ2v) is 2.99. The van der Waals surface area contributed by atoms with Crippen LogP contribution in [0.1, 0.15) is 0 Å². The number of nitrogens with one attached hydrogen (secondary N) is 2. The molecule has 82 valence electrons. The van der Waals surface area contributed by atoms with Gasteiger partial charge in [0.2, 0.25) is 0 Å². The quantitative estimate of drug-likeness (QED) is 0.743. The number of carbonyl (C=O) groups is 1. The second kappa shape index (κ2) is 4.43. The van der Waals surface area contributed by atoms with Gasteiger partial charge in [-0.3, -0.25) is 10.4 Å². The Labute approximate surface area is 91.6 Å². The first-order valence-corrected chi connectivity index (χ1v) is 4.61. The lowest BCUT2D eigenvalue weighted by Crippen LogP contribution is -2.29. The zero-order valence-corrected chi connectivity index (χ0v) is 8.60. The SMILES string of the molecule is COC(=O)NNc1cnc2ccccc2n1. The molecule has 1 aromatic carbocycles. The second-order valence-electron chi connectivity index (χ2n) is 2.99.